The Kier molecular flexibility index (Phi) is 8.23. The maximum Gasteiger partial charge on any atom is 0.127 e. The number of ether oxygens (including phenoxy) is 3. The first-order valence-corrected chi connectivity index (χ1v) is 8.88. The fourth-order valence-electron chi connectivity index (χ4n) is 2.54. The van der Waals surface area contributed by atoms with Gasteiger partial charge in [-0.2, -0.15) is 0 Å². The zero-order chi connectivity index (χ0) is 19.5. The van der Waals surface area contributed by atoms with Gasteiger partial charge in [0.2, 0.25) is 0 Å². The zero-order valence-electron chi connectivity index (χ0n) is 16.4. The van der Waals surface area contributed by atoms with E-state index in [-0.39, 0.29) is 0 Å². The standard InChI is InChI=1S/C22H27NO4/c1-5-6-12-25-21-14-17(2)22(18(3)15-21)27-16-19-7-9-20(10-8-19)26-13-11-23-24-4/h5-11,14-15H,12-13,16H2,1-4H3/b6-5+,23-11?. The molecule has 0 spiro atoms. The van der Waals surface area contributed by atoms with Gasteiger partial charge in [0.15, 0.2) is 0 Å². The highest BCUT2D eigenvalue weighted by molar-refractivity contribution is 5.58. The summed E-state index contributed by atoms with van der Waals surface area (Å²) in [5.41, 5.74) is 3.19. The lowest BCUT2D eigenvalue weighted by atomic mass is 10.1. The molecule has 0 aliphatic heterocycles. The third-order valence-electron chi connectivity index (χ3n) is 3.83. The molecule has 0 radical (unpaired) electrons. The van der Waals surface area contributed by atoms with E-state index in [0.717, 1.165) is 33.9 Å². The summed E-state index contributed by atoms with van der Waals surface area (Å²) in [5.74, 6) is 2.52. The summed E-state index contributed by atoms with van der Waals surface area (Å²) in [4.78, 5) is 4.59. The predicted molar refractivity (Wildman–Crippen MR) is 108 cm³/mol. The largest absolute Gasteiger partial charge is 0.490 e. The van der Waals surface area contributed by atoms with Crippen LogP contribution in [0.1, 0.15) is 23.6 Å². The number of allylic oxidation sites excluding steroid dienone is 1. The normalized spacial score (nSPS) is 11.1. The Balaban J connectivity index is 1.92. The monoisotopic (exact) mass is 369 g/mol. The highest BCUT2D eigenvalue weighted by atomic mass is 16.6. The molecule has 5 heteroatoms. The van der Waals surface area contributed by atoms with Crippen LogP contribution in [0.25, 0.3) is 0 Å². The minimum atomic E-state index is 0.366. The highest BCUT2D eigenvalue weighted by Gasteiger charge is 2.08. The van der Waals surface area contributed by atoms with Crippen molar-refractivity contribution < 1.29 is 19.0 Å². The van der Waals surface area contributed by atoms with Gasteiger partial charge in [-0.3, -0.25) is 0 Å². The maximum atomic E-state index is 6.04. The molecule has 0 heterocycles. The molecular weight excluding hydrogens is 342 g/mol. The van der Waals surface area contributed by atoms with Gasteiger partial charge in [-0.05, 0) is 61.7 Å². The van der Waals surface area contributed by atoms with Crippen molar-refractivity contribution in [1.82, 2.24) is 0 Å². The van der Waals surface area contributed by atoms with E-state index in [1.165, 1.54) is 7.11 Å². The molecule has 0 unspecified atom stereocenters. The van der Waals surface area contributed by atoms with Crippen LogP contribution in [0.15, 0.2) is 53.7 Å². The van der Waals surface area contributed by atoms with E-state index < -0.39 is 0 Å². The van der Waals surface area contributed by atoms with E-state index in [1.807, 2.05) is 69.3 Å². The zero-order valence-corrected chi connectivity index (χ0v) is 16.4. The molecule has 2 aromatic rings. The smallest absolute Gasteiger partial charge is 0.127 e. The molecular formula is C22H27NO4. The summed E-state index contributed by atoms with van der Waals surface area (Å²) in [6.07, 6.45) is 5.52. The minimum absolute atomic E-state index is 0.366. The van der Waals surface area contributed by atoms with Crippen LogP contribution in [-0.4, -0.2) is 26.5 Å². The van der Waals surface area contributed by atoms with Crippen molar-refractivity contribution in [3.8, 4) is 17.2 Å². The fourth-order valence-corrected chi connectivity index (χ4v) is 2.54. The summed E-state index contributed by atoms with van der Waals surface area (Å²) >= 11 is 0. The molecule has 27 heavy (non-hydrogen) atoms. The first-order chi connectivity index (χ1) is 13.1. The van der Waals surface area contributed by atoms with Gasteiger partial charge < -0.3 is 19.0 Å². The summed E-state index contributed by atoms with van der Waals surface area (Å²) in [6.45, 7) is 7.47. The van der Waals surface area contributed by atoms with Crippen LogP contribution in [-0.2, 0) is 11.4 Å². The maximum absolute atomic E-state index is 6.04. The number of nitrogens with zero attached hydrogens (tertiary/aromatic N) is 1. The third-order valence-corrected chi connectivity index (χ3v) is 3.83. The van der Waals surface area contributed by atoms with E-state index in [4.69, 9.17) is 14.2 Å². The van der Waals surface area contributed by atoms with Crippen molar-refractivity contribution in [1.29, 1.82) is 0 Å². The Hall–Kier alpha value is -2.95. The van der Waals surface area contributed by atoms with E-state index >= 15 is 0 Å². The van der Waals surface area contributed by atoms with Crippen LogP contribution >= 0.6 is 0 Å². The molecule has 5 nitrogen and oxygen atoms in total. The molecule has 0 aliphatic rings. The van der Waals surface area contributed by atoms with Crippen LogP contribution in [0.3, 0.4) is 0 Å². The van der Waals surface area contributed by atoms with E-state index in [0.29, 0.717) is 19.8 Å². The number of aryl methyl sites for hydroxylation is 2. The molecule has 0 N–H and O–H groups in total. The van der Waals surface area contributed by atoms with Crippen LogP contribution in [0.2, 0.25) is 0 Å². The van der Waals surface area contributed by atoms with Gasteiger partial charge in [-0.25, -0.2) is 0 Å². The van der Waals surface area contributed by atoms with Gasteiger partial charge in [0.25, 0.3) is 0 Å². The summed E-state index contributed by atoms with van der Waals surface area (Å²) < 4.78 is 17.3. The second-order valence-electron chi connectivity index (χ2n) is 5.98. The average molecular weight is 369 g/mol. The SMILES string of the molecule is C/C=C/COc1cc(C)c(OCc2ccc(OCC=NOC)cc2)c(C)c1. The highest BCUT2D eigenvalue weighted by Crippen LogP contribution is 2.29. The topological polar surface area (TPSA) is 49.3 Å². The number of hydrogen-bond acceptors (Lipinski definition) is 5. The Labute approximate surface area is 161 Å². The van der Waals surface area contributed by atoms with Crippen molar-refractivity contribution in [2.45, 2.75) is 27.4 Å². The second-order valence-corrected chi connectivity index (χ2v) is 5.98. The molecule has 2 aromatic carbocycles. The Morgan fingerprint density at radius 3 is 2.19 bits per heavy atom. The van der Waals surface area contributed by atoms with Gasteiger partial charge in [-0.15, -0.1) is 0 Å². The van der Waals surface area contributed by atoms with Gasteiger partial charge in [0, 0.05) is 0 Å². The summed E-state index contributed by atoms with van der Waals surface area (Å²) in [7, 11) is 1.50. The van der Waals surface area contributed by atoms with Crippen molar-refractivity contribution in [2.75, 3.05) is 20.3 Å². The molecule has 0 bridgehead atoms. The first kappa shape index (κ1) is 20.4. The van der Waals surface area contributed by atoms with Gasteiger partial charge >= 0.3 is 0 Å². The molecule has 144 valence electrons. The van der Waals surface area contributed by atoms with Crippen LogP contribution in [0, 0.1) is 13.8 Å². The number of rotatable bonds is 10. The Bertz CT molecular complexity index is 743. The van der Waals surface area contributed by atoms with Crippen LogP contribution < -0.4 is 14.2 Å². The quantitative estimate of drug-likeness (QED) is 0.341. The average Bonchev–Trinajstić information content (AvgIpc) is 2.66. The first-order valence-electron chi connectivity index (χ1n) is 8.88. The fraction of sp³-hybridized carbons (Fsp3) is 0.318. The second kappa shape index (κ2) is 10.9. The molecule has 0 saturated heterocycles. The van der Waals surface area contributed by atoms with Crippen molar-refractivity contribution in [2.24, 2.45) is 5.16 Å². The molecule has 0 fully saturated rings. The van der Waals surface area contributed by atoms with Gasteiger partial charge in [-0.1, -0.05) is 29.4 Å². The van der Waals surface area contributed by atoms with E-state index in [1.54, 1.807) is 6.21 Å². The number of benzene rings is 2. The van der Waals surface area contributed by atoms with Crippen molar-refractivity contribution >= 4 is 6.21 Å². The van der Waals surface area contributed by atoms with Crippen molar-refractivity contribution in [3.63, 3.8) is 0 Å². The van der Waals surface area contributed by atoms with Crippen LogP contribution in [0.4, 0.5) is 0 Å². The number of hydrogen-bond donors (Lipinski definition) is 0. The molecule has 2 rings (SSSR count). The van der Waals surface area contributed by atoms with Crippen LogP contribution in [0.5, 0.6) is 17.2 Å². The summed E-state index contributed by atoms with van der Waals surface area (Å²) in [6, 6.07) is 11.8. The lowest BCUT2D eigenvalue weighted by molar-refractivity contribution is 0.212. The molecule has 0 atom stereocenters. The Morgan fingerprint density at radius 2 is 1.56 bits per heavy atom. The Morgan fingerprint density at radius 1 is 0.889 bits per heavy atom. The molecule has 0 aromatic heterocycles. The van der Waals surface area contributed by atoms with Gasteiger partial charge in [0.05, 0.1) is 6.21 Å². The third kappa shape index (κ3) is 6.70. The molecule has 0 saturated carbocycles. The lowest BCUT2D eigenvalue weighted by Gasteiger charge is -2.14. The summed E-state index contributed by atoms with van der Waals surface area (Å²) in [5, 5.41) is 3.63. The van der Waals surface area contributed by atoms with Gasteiger partial charge in [0.1, 0.15) is 44.2 Å². The minimum Gasteiger partial charge on any atom is -0.490 e. The lowest BCUT2D eigenvalue weighted by Crippen LogP contribution is -2.01. The molecule has 0 aliphatic carbocycles. The van der Waals surface area contributed by atoms with E-state index in [9.17, 15) is 0 Å². The number of oxime groups is 1. The van der Waals surface area contributed by atoms with E-state index in [2.05, 4.69) is 9.99 Å². The van der Waals surface area contributed by atoms with Crippen molar-refractivity contribution in [3.05, 3.63) is 65.2 Å². The predicted octanol–water partition coefficient (Wildman–Crippen LogP) is 4.85. The molecule has 0 amide bonds.